The van der Waals surface area contributed by atoms with Gasteiger partial charge in [0.2, 0.25) is 5.91 Å². The predicted octanol–water partition coefficient (Wildman–Crippen LogP) is 5.07. The lowest BCUT2D eigenvalue weighted by molar-refractivity contribution is -0.121. The van der Waals surface area contributed by atoms with Gasteiger partial charge in [0.15, 0.2) is 5.78 Å². The van der Waals surface area contributed by atoms with Crippen molar-refractivity contribution in [3.05, 3.63) is 101 Å². The minimum Gasteiger partial charge on any atom is -0.310 e. The number of ketones is 1. The highest BCUT2D eigenvalue weighted by Gasteiger charge is 2.48. The van der Waals surface area contributed by atoms with Gasteiger partial charge in [0.05, 0.1) is 5.41 Å². The summed E-state index contributed by atoms with van der Waals surface area (Å²) < 4.78 is 13.2. The standard InChI is InChI=1S/C29H29FN2O2/c1-29(23-7-3-2-4-8-23)25-9-5-6-10-26(25)32(28(29)34)20-19-31-17-15-22(16-18-31)27(33)21-11-13-24(30)14-12-21/h2-14,22H,15-20H2,1H3. The number of likely N-dealkylation sites (tertiary alicyclic amines) is 1. The Labute approximate surface area is 200 Å². The number of rotatable bonds is 6. The molecule has 174 valence electrons. The number of para-hydroxylation sites is 1. The maximum absolute atomic E-state index is 13.7. The SMILES string of the molecule is CC1(c2ccccc2)C(=O)N(CCN2CCC(C(=O)c3ccc(F)cc3)CC2)c2ccccc21. The van der Waals surface area contributed by atoms with Gasteiger partial charge >= 0.3 is 0 Å². The molecule has 5 heteroatoms. The predicted molar refractivity (Wildman–Crippen MR) is 132 cm³/mol. The van der Waals surface area contributed by atoms with Crippen molar-refractivity contribution < 1.29 is 14.0 Å². The van der Waals surface area contributed by atoms with Crippen molar-refractivity contribution in [1.82, 2.24) is 4.90 Å². The highest BCUT2D eigenvalue weighted by atomic mass is 19.1. The molecule has 34 heavy (non-hydrogen) atoms. The van der Waals surface area contributed by atoms with Crippen molar-refractivity contribution in [1.29, 1.82) is 0 Å². The van der Waals surface area contributed by atoms with E-state index in [1.54, 1.807) is 12.1 Å². The number of nitrogens with zero attached hydrogens (tertiary/aromatic N) is 2. The fraction of sp³-hybridized carbons (Fsp3) is 0.310. The third-order valence-electron chi connectivity index (χ3n) is 7.48. The molecule has 2 aliphatic rings. The number of amides is 1. The molecule has 2 heterocycles. The number of hydrogen-bond acceptors (Lipinski definition) is 3. The summed E-state index contributed by atoms with van der Waals surface area (Å²) in [6.45, 7) is 5.04. The zero-order chi connectivity index (χ0) is 23.7. The van der Waals surface area contributed by atoms with Gasteiger partial charge in [0.1, 0.15) is 5.82 Å². The molecule has 4 nitrogen and oxygen atoms in total. The van der Waals surface area contributed by atoms with Crippen LogP contribution in [0.15, 0.2) is 78.9 Å². The molecule has 1 atom stereocenters. The summed E-state index contributed by atoms with van der Waals surface area (Å²) in [4.78, 5) is 30.8. The maximum Gasteiger partial charge on any atom is 0.241 e. The summed E-state index contributed by atoms with van der Waals surface area (Å²) >= 11 is 0. The largest absolute Gasteiger partial charge is 0.310 e. The normalized spacial score (nSPS) is 21.0. The Hall–Kier alpha value is -3.31. The van der Waals surface area contributed by atoms with Gasteiger partial charge in [0.25, 0.3) is 0 Å². The lowest BCUT2D eigenvalue weighted by atomic mass is 9.77. The van der Waals surface area contributed by atoms with Crippen LogP contribution in [0.3, 0.4) is 0 Å². The van der Waals surface area contributed by atoms with Crippen molar-refractivity contribution in [2.45, 2.75) is 25.2 Å². The molecule has 3 aromatic rings. The van der Waals surface area contributed by atoms with E-state index in [4.69, 9.17) is 0 Å². The Morgan fingerprint density at radius 1 is 0.912 bits per heavy atom. The summed E-state index contributed by atoms with van der Waals surface area (Å²) in [5, 5.41) is 0. The molecule has 1 saturated heterocycles. The van der Waals surface area contributed by atoms with Gasteiger partial charge in [-0.1, -0.05) is 48.5 Å². The Balaban J connectivity index is 1.24. The van der Waals surface area contributed by atoms with Crippen molar-refractivity contribution in [2.24, 2.45) is 5.92 Å². The molecule has 0 aliphatic carbocycles. The Kier molecular flexibility index (Phi) is 6.05. The van der Waals surface area contributed by atoms with Crippen molar-refractivity contribution >= 4 is 17.4 Å². The average molecular weight is 457 g/mol. The van der Waals surface area contributed by atoms with Crippen molar-refractivity contribution in [2.75, 3.05) is 31.1 Å². The van der Waals surface area contributed by atoms with Crippen LogP contribution >= 0.6 is 0 Å². The van der Waals surface area contributed by atoms with E-state index in [1.165, 1.54) is 12.1 Å². The van der Waals surface area contributed by atoms with E-state index in [9.17, 15) is 14.0 Å². The van der Waals surface area contributed by atoms with Crippen LogP contribution in [0.2, 0.25) is 0 Å². The van der Waals surface area contributed by atoms with Crippen LogP contribution in [-0.4, -0.2) is 42.8 Å². The summed E-state index contributed by atoms with van der Waals surface area (Å²) in [7, 11) is 0. The first-order valence-corrected chi connectivity index (χ1v) is 12.0. The molecule has 1 fully saturated rings. The van der Waals surface area contributed by atoms with E-state index in [-0.39, 0.29) is 23.4 Å². The molecule has 0 N–H and O–H groups in total. The summed E-state index contributed by atoms with van der Waals surface area (Å²) in [6.07, 6.45) is 1.56. The van der Waals surface area contributed by atoms with E-state index in [1.807, 2.05) is 60.4 Å². The van der Waals surface area contributed by atoms with Gasteiger partial charge in [-0.3, -0.25) is 9.59 Å². The fourth-order valence-corrected chi connectivity index (χ4v) is 5.41. The third-order valence-corrected chi connectivity index (χ3v) is 7.48. The van der Waals surface area contributed by atoms with E-state index < -0.39 is 5.41 Å². The molecule has 5 rings (SSSR count). The Morgan fingerprint density at radius 3 is 2.26 bits per heavy atom. The molecular weight excluding hydrogens is 427 g/mol. The van der Waals surface area contributed by atoms with Crippen LogP contribution in [0.4, 0.5) is 10.1 Å². The highest BCUT2D eigenvalue weighted by molar-refractivity contribution is 6.10. The second-order valence-corrected chi connectivity index (χ2v) is 9.45. The third kappa shape index (κ3) is 3.94. The summed E-state index contributed by atoms with van der Waals surface area (Å²) in [6, 6.07) is 23.9. The molecular formula is C29H29FN2O2. The van der Waals surface area contributed by atoms with Gasteiger partial charge in [-0.2, -0.15) is 0 Å². The number of carbonyl (C=O) groups is 2. The van der Waals surface area contributed by atoms with Crippen LogP contribution in [0.1, 0.15) is 41.3 Å². The number of Topliss-reactive ketones (excluding diaryl/α,β-unsaturated/α-hetero) is 1. The lowest BCUT2D eigenvalue weighted by Crippen LogP contribution is -2.44. The van der Waals surface area contributed by atoms with Gasteiger partial charge < -0.3 is 9.80 Å². The number of hydrogen-bond donors (Lipinski definition) is 0. The molecule has 1 amide bonds. The van der Waals surface area contributed by atoms with Gasteiger partial charge in [-0.05, 0) is 74.3 Å². The topological polar surface area (TPSA) is 40.6 Å². The maximum atomic E-state index is 13.7. The van der Waals surface area contributed by atoms with E-state index in [0.29, 0.717) is 12.1 Å². The molecule has 2 aliphatic heterocycles. The number of halogens is 1. The highest BCUT2D eigenvalue weighted by Crippen LogP contribution is 2.45. The van der Waals surface area contributed by atoms with Crippen LogP contribution in [0.25, 0.3) is 0 Å². The Morgan fingerprint density at radius 2 is 1.56 bits per heavy atom. The molecule has 0 radical (unpaired) electrons. The Bertz CT molecular complexity index is 1190. The van der Waals surface area contributed by atoms with E-state index >= 15 is 0 Å². The summed E-state index contributed by atoms with van der Waals surface area (Å²) in [5.41, 5.74) is 2.94. The smallest absolute Gasteiger partial charge is 0.241 e. The van der Waals surface area contributed by atoms with E-state index in [0.717, 1.165) is 49.3 Å². The lowest BCUT2D eigenvalue weighted by Gasteiger charge is -2.33. The molecule has 3 aromatic carbocycles. The number of benzene rings is 3. The fourth-order valence-electron chi connectivity index (χ4n) is 5.41. The second kappa shape index (κ2) is 9.15. The van der Waals surface area contributed by atoms with Crippen molar-refractivity contribution in [3.8, 4) is 0 Å². The van der Waals surface area contributed by atoms with Crippen molar-refractivity contribution in [3.63, 3.8) is 0 Å². The monoisotopic (exact) mass is 456 g/mol. The first-order valence-electron chi connectivity index (χ1n) is 12.0. The number of carbonyl (C=O) groups excluding carboxylic acids is 2. The van der Waals surface area contributed by atoms with Crippen LogP contribution in [0.5, 0.6) is 0 Å². The molecule has 0 spiro atoms. The number of piperidine rings is 1. The number of anilines is 1. The van der Waals surface area contributed by atoms with Crippen LogP contribution in [0, 0.1) is 11.7 Å². The van der Waals surface area contributed by atoms with Gasteiger partial charge in [-0.25, -0.2) is 4.39 Å². The first-order chi connectivity index (χ1) is 16.5. The summed E-state index contributed by atoms with van der Waals surface area (Å²) in [5.74, 6) is -0.145. The van der Waals surface area contributed by atoms with Gasteiger partial charge in [0, 0.05) is 30.3 Å². The number of fused-ring (bicyclic) bond motifs is 1. The van der Waals surface area contributed by atoms with Gasteiger partial charge in [-0.15, -0.1) is 0 Å². The zero-order valence-electron chi connectivity index (χ0n) is 19.4. The molecule has 0 saturated carbocycles. The first kappa shape index (κ1) is 22.5. The second-order valence-electron chi connectivity index (χ2n) is 9.45. The molecule has 0 aromatic heterocycles. The average Bonchev–Trinajstić information content (AvgIpc) is 3.11. The molecule has 1 unspecified atom stereocenters. The zero-order valence-corrected chi connectivity index (χ0v) is 19.4. The quantitative estimate of drug-likeness (QED) is 0.486. The van der Waals surface area contributed by atoms with Crippen LogP contribution < -0.4 is 4.90 Å². The van der Waals surface area contributed by atoms with E-state index in [2.05, 4.69) is 11.0 Å². The van der Waals surface area contributed by atoms with Crippen LogP contribution in [-0.2, 0) is 10.2 Å². The minimum absolute atomic E-state index is 0.0303. The minimum atomic E-state index is -0.688. The molecule has 0 bridgehead atoms.